The van der Waals surface area contributed by atoms with E-state index in [9.17, 15) is 9.59 Å². The average Bonchev–Trinajstić information content (AvgIpc) is 3.44. The van der Waals surface area contributed by atoms with Crippen LogP contribution in [0.25, 0.3) is 0 Å². The first-order valence-electron chi connectivity index (χ1n) is 11.8. The van der Waals surface area contributed by atoms with Crippen molar-refractivity contribution < 1.29 is 19.1 Å². The van der Waals surface area contributed by atoms with Gasteiger partial charge in [0.1, 0.15) is 24.0 Å². The number of nitrogens with one attached hydrogen (secondary N) is 1. The molecule has 0 radical (unpaired) electrons. The summed E-state index contributed by atoms with van der Waals surface area (Å²) in [5, 5.41) is 2.89. The van der Waals surface area contributed by atoms with Gasteiger partial charge in [-0.05, 0) is 49.4 Å². The minimum Gasteiger partial charge on any atom is -0.491 e. The van der Waals surface area contributed by atoms with Crippen molar-refractivity contribution in [2.75, 3.05) is 36.5 Å². The van der Waals surface area contributed by atoms with Crippen LogP contribution in [0.3, 0.4) is 0 Å². The van der Waals surface area contributed by atoms with Gasteiger partial charge in [-0.1, -0.05) is 0 Å². The fourth-order valence-electron chi connectivity index (χ4n) is 5.44. The summed E-state index contributed by atoms with van der Waals surface area (Å²) in [6.07, 6.45) is 5.75. The molecule has 8 nitrogen and oxygen atoms in total. The fourth-order valence-corrected chi connectivity index (χ4v) is 5.44. The number of hydrogen-bond donors (Lipinski definition) is 1. The van der Waals surface area contributed by atoms with Gasteiger partial charge in [-0.2, -0.15) is 0 Å². The molecule has 8 heteroatoms. The van der Waals surface area contributed by atoms with E-state index in [4.69, 9.17) is 9.47 Å². The van der Waals surface area contributed by atoms with E-state index in [1.54, 1.807) is 12.3 Å². The molecule has 2 fully saturated rings. The van der Waals surface area contributed by atoms with Gasteiger partial charge in [0.25, 0.3) is 5.91 Å². The van der Waals surface area contributed by atoms with Crippen molar-refractivity contribution in [3.63, 3.8) is 0 Å². The molecule has 5 heterocycles. The second-order valence-electron chi connectivity index (χ2n) is 9.48. The summed E-state index contributed by atoms with van der Waals surface area (Å²) < 4.78 is 12.4. The van der Waals surface area contributed by atoms with Gasteiger partial charge in [-0.3, -0.25) is 9.59 Å². The number of nitrogens with zero attached hydrogens (tertiary/aromatic N) is 3. The molecule has 1 aromatic carbocycles. The molecule has 2 aromatic rings. The largest absolute Gasteiger partial charge is 0.491 e. The Morgan fingerprint density at radius 1 is 1.15 bits per heavy atom. The van der Waals surface area contributed by atoms with Gasteiger partial charge in [0, 0.05) is 38.2 Å². The summed E-state index contributed by atoms with van der Waals surface area (Å²) in [7, 11) is 0. The predicted molar refractivity (Wildman–Crippen MR) is 123 cm³/mol. The highest BCUT2D eigenvalue weighted by atomic mass is 16.5. The smallest absolute Gasteiger partial charge is 0.260 e. The van der Waals surface area contributed by atoms with E-state index >= 15 is 0 Å². The molecule has 0 spiro atoms. The Bertz CT molecular complexity index is 1130. The maximum Gasteiger partial charge on any atom is 0.260 e. The van der Waals surface area contributed by atoms with Crippen LogP contribution in [0, 0.1) is 6.92 Å². The van der Waals surface area contributed by atoms with Crippen LogP contribution in [0.2, 0.25) is 0 Å². The van der Waals surface area contributed by atoms with Gasteiger partial charge in [0.15, 0.2) is 0 Å². The number of carbonyl (C=O) groups is 2. The van der Waals surface area contributed by atoms with E-state index < -0.39 is 0 Å². The molecule has 4 aliphatic heterocycles. The normalized spacial score (nSPS) is 23.9. The lowest BCUT2D eigenvalue weighted by Gasteiger charge is -2.25. The Morgan fingerprint density at radius 2 is 2.00 bits per heavy atom. The summed E-state index contributed by atoms with van der Waals surface area (Å²) in [5.74, 6) is 1.20. The van der Waals surface area contributed by atoms with Crippen LogP contribution in [0.5, 0.6) is 11.6 Å². The molecule has 2 atom stereocenters. The lowest BCUT2D eigenvalue weighted by Crippen LogP contribution is -2.37. The van der Waals surface area contributed by atoms with Crippen LogP contribution in [-0.4, -0.2) is 60.1 Å². The number of amides is 2. The SMILES string of the molecule is Cc1cc2c(c(N3CCCC3)c1)C(=O)N1C[C@@H](Oc3cc4c(cn3)CCC(=O)N4)C[C@@H]1CO2. The van der Waals surface area contributed by atoms with Crippen molar-refractivity contribution in [2.45, 2.75) is 51.2 Å². The van der Waals surface area contributed by atoms with Crippen LogP contribution in [0.4, 0.5) is 11.4 Å². The Labute approximate surface area is 192 Å². The molecular formula is C25H28N4O4. The van der Waals surface area contributed by atoms with E-state index in [0.717, 1.165) is 48.4 Å². The maximum atomic E-state index is 13.7. The molecule has 4 aliphatic rings. The third kappa shape index (κ3) is 3.67. The monoisotopic (exact) mass is 448 g/mol. The average molecular weight is 449 g/mol. The molecule has 1 aromatic heterocycles. The standard InChI is InChI=1S/C25H28N4O4/c1-15-8-20(28-6-2-3-7-28)24-21(9-15)32-14-17-10-18(13-29(17)25(24)31)33-23-11-19-16(12-26-23)4-5-22(30)27-19/h8-9,11-12,17-18H,2-7,10,13-14H2,1H3,(H,27,30)/t17-,18+/m1/s1. The highest BCUT2D eigenvalue weighted by Crippen LogP contribution is 2.39. The molecule has 2 saturated heterocycles. The van der Waals surface area contributed by atoms with Crippen molar-refractivity contribution in [1.29, 1.82) is 0 Å². The quantitative estimate of drug-likeness (QED) is 0.777. The first-order valence-corrected chi connectivity index (χ1v) is 11.8. The van der Waals surface area contributed by atoms with E-state index in [1.165, 1.54) is 0 Å². The fraction of sp³-hybridized carbons (Fsp3) is 0.480. The molecule has 0 saturated carbocycles. The number of anilines is 2. The van der Waals surface area contributed by atoms with Crippen LogP contribution in [0.1, 0.15) is 47.2 Å². The van der Waals surface area contributed by atoms with Gasteiger partial charge in [-0.15, -0.1) is 0 Å². The Kier molecular flexibility index (Phi) is 4.89. The topological polar surface area (TPSA) is 84.0 Å². The molecule has 0 aliphatic carbocycles. The molecule has 2 amide bonds. The number of carbonyl (C=O) groups excluding carboxylic acids is 2. The third-order valence-corrected chi connectivity index (χ3v) is 7.10. The molecule has 172 valence electrons. The number of benzene rings is 1. The van der Waals surface area contributed by atoms with Crippen molar-refractivity contribution in [3.8, 4) is 11.6 Å². The number of fused-ring (bicyclic) bond motifs is 3. The second-order valence-corrected chi connectivity index (χ2v) is 9.48. The van der Waals surface area contributed by atoms with E-state index in [2.05, 4.69) is 28.2 Å². The van der Waals surface area contributed by atoms with Crippen molar-refractivity contribution in [3.05, 3.63) is 41.1 Å². The zero-order chi connectivity index (χ0) is 22.5. The first-order chi connectivity index (χ1) is 16.0. The highest BCUT2D eigenvalue weighted by molar-refractivity contribution is 6.03. The minimum absolute atomic E-state index is 0.0133. The zero-order valence-corrected chi connectivity index (χ0v) is 18.8. The van der Waals surface area contributed by atoms with Gasteiger partial charge in [0.05, 0.1) is 24.0 Å². The van der Waals surface area contributed by atoms with Crippen molar-refractivity contribution >= 4 is 23.2 Å². The van der Waals surface area contributed by atoms with Gasteiger partial charge in [0.2, 0.25) is 11.8 Å². The molecule has 6 rings (SSSR count). The summed E-state index contributed by atoms with van der Waals surface area (Å²) in [6, 6.07) is 5.84. The molecule has 33 heavy (non-hydrogen) atoms. The summed E-state index contributed by atoms with van der Waals surface area (Å²) in [5.41, 5.74) is 4.57. The number of hydrogen-bond acceptors (Lipinski definition) is 6. The number of rotatable bonds is 3. The van der Waals surface area contributed by atoms with E-state index in [-0.39, 0.29) is 24.0 Å². The first kappa shape index (κ1) is 20.3. The zero-order valence-electron chi connectivity index (χ0n) is 18.8. The van der Waals surface area contributed by atoms with Crippen molar-refractivity contribution in [2.24, 2.45) is 0 Å². The summed E-state index contributed by atoms with van der Waals surface area (Å²) in [4.78, 5) is 34.1. The van der Waals surface area contributed by atoms with Gasteiger partial charge < -0.3 is 24.6 Å². The van der Waals surface area contributed by atoms with Crippen molar-refractivity contribution in [1.82, 2.24) is 9.88 Å². The molecule has 0 bridgehead atoms. The predicted octanol–water partition coefficient (Wildman–Crippen LogP) is 2.93. The molecular weight excluding hydrogens is 420 g/mol. The second kappa shape index (κ2) is 7.93. The third-order valence-electron chi connectivity index (χ3n) is 7.10. The Hall–Kier alpha value is -3.29. The highest BCUT2D eigenvalue weighted by Gasteiger charge is 2.42. The van der Waals surface area contributed by atoms with E-state index in [1.807, 2.05) is 11.0 Å². The van der Waals surface area contributed by atoms with E-state index in [0.29, 0.717) is 49.6 Å². The summed E-state index contributed by atoms with van der Waals surface area (Å²) >= 11 is 0. The molecule has 1 N–H and O–H groups in total. The number of aryl methyl sites for hydroxylation is 2. The lowest BCUT2D eigenvalue weighted by atomic mass is 10.1. The molecule has 0 unspecified atom stereocenters. The van der Waals surface area contributed by atoms with Crippen LogP contribution < -0.4 is 19.7 Å². The number of ether oxygens (including phenoxy) is 2. The number of pyridine rings is 1. The summed E-state index contributed by atoms with van der Waals surface area (Å²) in [6.45, 7) is 4.94. The Balaban J connectivity index is 1.24. The van der Waals surface area contributed by atoms with Gasteiger partial charge in [-0.25, -0.2) is 4.98 Å². The van der Waals surface area contributed by atoms with Gasteiger partial charge >= 0.3 is 0 Å². The maximum absolute atomic E-state index is 13.7. The number of aromatic nitrogens is 1. The Morgan fingerprint density at radius 3 is 2.85 bits per heavy atom. The van der Waals surface area contributed by atoms with Crippen LogP contribution >= 0.6 is 0 Å². The minimum atomic E-state index is -0.172. The lowest BCUT2D eigenvalue weighted by molar-refractivity contribution is -0.116. The van der Waals surface area contributed by atoms with Crippen LogP contribution in [-0.2, 0) is 11.2 Å². The van der Waals surface area contributed by atoms with Crippen LogP contribution in [0.15, 0.2) is 24.4 Å².